The quantitative estimate of drug-likeness (QED) is 0.765. The van der Waals surface area contributed by atoms with Crippen molar-refractivity contribution < 1.29 is 18.3 Å². The molecule has 1 aromatic heterocycles. The van der Waals surface area contributed by atoms with E-state index in [0.717, 1.165) is 0 Å². The molecule has 1 aromatic rings. The van der Waals surface area contributed by atoms with E-state index in [0.29, 0.717) is 5.69 Å². The molecule has 0 fully saturated rings. The van der Waals surface area contributed by atoms with E-state index in [2.05, 4.69) is 9.72 Å². The van der Waals surface area contributed by atoms with E-state index in [1.807, 2.05) is 0 Å². The van der Waals surface area contributed by atoms with Gasteiger partial charge in [-0.25, -0.2) is 8.78 Å². The minimum atomic E-state index is -2.80. The summed E-state index contributed by atoms with van der Waals surface area (Å²) >= 11 is 0. The lowest BCUT2D eigenvalue weighted by molar-refractivity contribution is -0.139. The number of esters is 1. The Balaban J connectivity index is 3.22. The van der Waals surface area contributed by atoms with Gasteiger partial charge in [0.25, 0.3) is 6.43 Å². The molecule has 0 bridgehead atoms. The maximum absolute atomic E-state index is 12.8. The van der Waals surface area contributed by atoms with Gasteiger partial charge in [0, 0.05) is 12.2 Å². The van der Waals surface area contributed by atoms with Gasteiger partial charge in [-0.3, -0.25) is 9.78 Å². The third kappa shape index (κ3) is 3.10. The highest BCUT2D eigenvalue weighted by Gasteiger charge is 2.21. The summed E-state index contributed by atoms with van der Waals surface area (Å²) in [5.41, 5.74) is 10.6. The predicted molar refractivity (Wildman–Crippen MR) is 57.2 cm³/mol. The zero-order valence-electron chi connectivity index (χ0n) is 9.24. The number of anilines is 1. The van der Waals surface area contributed by atoms with Gasteiger partial charge in [-0.15, -0.1) is 0 Å². The third-order valence-corrected chi connectivity index (χ3v) is 2.19. The van der Waals surface area contributed by atoms with Gasteiger partial charge < -0.3 is 16.2 Å². The van der Waals surface area contributed by atoms with Crippen molar-refractivity contribution in [2.75, 3.05) is 12.8 Å². The predicted octanol–water partition coefficient (Wildman–Crippen LogP) is 0.776. The minimum Gasteiger partial charge on any atom is -0.469 e. The molecular formula is C10H13F2N3O2. The van der Waals surface area contributed by atoms with Crippen LogP contribution in [-0.4, -0.2) is 18.1 Å². The number of pyridine rings is 1. The first-order valence-electron chi connectivity index (χ1n) is 4.82. The van der Waals surface area contributed by atoms with Gasteiger partial charge in [0.1, 0.15) is 0 Å². The number of methoxy groups -OCH3 is 1. The number of aromatic nitrogens is 1. The first-order chi connectivity index (χ1) is 7.99. The highest BCUT2D eigenvalue weighted by molar-refractivity contribution is 5.73. The van der Waals surface area contributed by atoms with E-state index in [1.54, 1.807) is 0 Å². The molecule has 0 aromatic carbocycles. The number of nitrogens with zero attached hydrogens (tertiary/aromatic N) is 1. The largest absolute Gasteiger partial charge is 0.469 e. The van der Waals surface area contributed by atoms with Crippen LogP contribution >= 0.6 is 0 Å². The summed E-state index contributed by atoms with van der Waals surface area (Å²) < 4.78 is 30.0. The molecule has 0 atom stereocenters. The average molecular weight is 245 g/mol. The normalized spacial score (nSPS) is 10.6. The van der Waals surface area contributed by atoms with Gasteiger partial charge in [0.15, 0.2) is 0 Å². The van der Waals surface area contributed by atoms with Crippen molar-refractivity contribution in [3.05, 3.63) is 23.0 Å². The van der Waals surface area contributed by atoms with Gasteiger partial charge >= 0.3 is 5.97 Å². The summed E-state index contributed by atoms with van der Waals surface area (Å²) in [7, 11) is 1.17. The van der Waals surface area contributed by atoms with Crippen molar-refractivity contribution in [2.24, 2.45) is 5.73 Å². The van der Waals surface area contributed by atoms with E-state index in [4.69, 9.17) is 11.5 Å². The second kappa shape index (κ2) is 5.53. The highest BCUT2D eigenvalue weighted by Crippen LogP contribution is 2.28. The average Bonchev–Trinajstić information content (AvgIpc) is 2.27. The molecule has 0 aliphatic carbocycles. The Labute approximate surface area is 96.8 Å². The molecule has 0 unspecified atom stereocenters. The van der Waals surface area contributed by atoms with Gasteiger partial charge in [-0.2, -0.15) is 0 Å². The Bertz CT molecular complexity index is 424. The summed E-state index contributed by atoms with van der Waals surface area (Å²) in [5, 5.41) is 0. The standard InChI is InChI=1S/C10H13F2N3O2/c1-17-8(16)3-7-9(10(11)12)6(14)2-5(4-13)15-7/h2,10H,3-4,13H2,1H3,(H2,14,15). The Morgan fingerprint density at radius 2 is 2.24 bits per heavy atom. The minimum absolute atomic E-state index is 0.0574. The van der Waals surface area contributed by atoms with Crippen molar-refractivity contribution in [3.63, 3.8) is 0 Å². The molecule has 0 aliphatic rings. The number of hydrogen-bond acceptors (Lipinski definition) is 5. The Kier molecular flexibility index (Phi) is 4.33. The van der Waals surface area contributed by atoms with E-state index in [9.17, 15) is 13.6 Å². The fourth-order valence-electron chi connectivity index (χ4n) is 1.39. The number of carbonyl (C=O) groups is 1. The molecule has 0 spiro atoms. The van der Waals surface area contributed by atoms with Crippen molar-refractivity contribution in [2.45, 2.75) is 19.4 Å². The summed E-state index contributed by atoms with van der Waals surface area (Å²) in [6, 6.07) is 1.28. The fourth-order valence-corrected chi connectivity index (χ4v) is 1.39. The molecule has 17 heavy (non-hydrogen) atoms. The molecule has 5 nitrogen and oxygen atoms in total. The monoisotopic (exact) mass is 245 g/mol. The molecule has 1 rings (SSSR count). The summed E-state index contributed by atoms with van der Waals surface area (Å²) in [4.78, 5) is 15.0. The first-order valence-corrected chi connectivity index (χ1v) is 4.82. The summed E-state index contributed by atoms with van der Waals surface area (Å²) in [6.45, 7) is 0.0574. The lowest BCUT2D eigenvalue weighted by Crippen LogP contribution is -2.13. The number of halogens is 2. The molecule has 4 N–H and O–H groups in total. The van der Waals surface area contributed by atoms with Crippen LogP contribution in [0.5, 0.6) is 0 Å². The molecular weight excluding hydrogens is 232 g/mol. The topological polar surface area (TPSA) is 91.2 Å². The van der Waals surface area contributed by atoms with Crippen molar-refractivity contribution in [1.29, 1.82) is 0 Å². The second-order valence-corrected chi connectivity index (χ2v) is 3.32. The van der Waals surface area contributed by atoms with Crippen LogP contribution in [0.3, 0.4) is 0 Å². The number of hydrogen-bond donors (Lipinski definition) is 2. The van der Waals surface area contributed by atoms with E-state index in [-0.39, 0.29) is 24.3 Å². The van der Waals surface area contributed by atoms with E-state index >= 15 is 0 Å². The molecule has 0 saturated heterocycles. The van der Waals surface area contributed by atoms with Crippen molar-refractivity contribution >= 4 is 11.7 Å². The molecule has 94 valence electrons. The van der Waals surface area contributed by atoms with Crippen LogP contribution in [0.2, 0.25) is 0 Å². The smallest absolute Gasteiger partial charge is 0.311 e. The van der Waals surface area contributed by atoms with Crippen molar-refractivity contribution in [1.82, 2.24) is 4.98 Å². The summed E-state index contributed by atoms with van der Waals surface area (Å²) in [6.07, 6.45) is -3.15. The number of rotatable bonds is 4. The zero-order valence-corrected chi connectivity index (χ0v) is 9.24. The SMILES string of the molecule is COC(=O)Cc1nc(CN)cc(N)c1C(F)F. The van der Waals surface area contributed by atoms with Gasteiger partial charge in [-0.1, -0.05) is 0 Å². The van der Waals surface area contributed by atoms with Gasteiger partial charge in [0.2, 0.25) is 0 Å². The van der Waals surface area contributed by atoms with E-state index < -0.39 is 18.0 Å². The number of nitrogen functional groups attached to an aromatic ring is 1. The molecule has 0 saturated carbocycles. The highest BCUT2D eigenvalue weighted by atomic mass is 19.3. The molecule has 1 heterocycles. The first kappa shape index (κ1) is 13.3. The second-order valence-electron chi connectivity index (χ2n) is 3.32. The molecule has 7 heteroatoms. The van der Waals surface area contributed by atoms with Gasteiger partial charge in [-0.05, 0) is 6.07 Å². The number of alkyl halides is 2. The Morgan fingerprint density at radius 3 is 2.71 bits per heavy atom. The van der Waals surface area contributed by atoms with Crippen LogP contribution in [0.1, 0.15) is 23.4 Å². The maximum Gasteiger partial charge on any atom is 0.311 e. The lowest BCUT2D eigenvalue weighted by Gasteiger charge is -2.12. The molecule has 0 radical (unpaired) electrons. The Hall–Kier alpha value is -1.76. The third-order valence-electron chi connectivity index (χ3n) is 2.19. The Morgan fingerprint density at radius 1 is 1.59 bits per heavy atom. The van der Waals surface area contributed by atoms with Crippen LogP contribution in [0, 0.1) is 0 Å². The maximum atomic E-state index is 12.8. The summed E-state index contributed by atoms with van der Waals surface area (Å²) in [5.74, 6) is -0.659. The van der Waals surface area contributed by atoms with Crippen LogP contribution in [0.25, 0.3) is 0 Å². The van der Waals surface area contributed by atoms with Crippen LogP contribution < -0.4 is 11.5 Å². The number of carbonyl (C=O) groups excluding carboxylic acids is 1. The molecule has 0 amide bonds. The zero-order chi connectivity index (χ0) is 13.0. The van der Waals surface area contributed by atoms with Crippen LogP contribution in [-0.2, 0) is 22.5 Å². The van der Waals surface area contributed by atoms with Crippen molar-refractivity contribution in [3.8, 4) is 0 Å². The lowest BCUT2D eigenvalue weighted by atomic mass is 10.1. The van der Waals surface area contributed by atoms with Gasteiger partial charge in [0.05, 0.1) is 30.5 Å². The van der Waals surface area contributed by atoms with Crippen LogP contribution in [0.4, 0.5) is 14.5 Å². The van der Waals surface area contributed by atoms with E-state index in [1.165, 1.54) is 13.2 Å². The fraction of sp³-hybridized carbons (Fsp3) is 0.400. The van der Waals surface area contributed by atoms with Crippen LogP contribution in [0.15, 0.2) is 6.07 Å². The molecule has 0 aliphatic heterocycles. The number of nitrogens with two attached hydrogens (primary N) is 2. The number of ether oxygens (including phenoxy) is 1.